The Morgan fingerprint density at radius 3 is 2.23 bits per heavy atom. The molecule has 0 N–H and O–H groups in total. The average molecular weight is 295 g/mol. The van der Waals surface area contributed by atoms with E-state index >= 15 is 0 Å². The van der Waals surface area contributed by atoms with Gasteiger partial charge in [-0.25, -0.2) is 0 Å². The van der Waals surface area contributed by atoms with Crippen molar-refractivity contribution in [2.45, 2.75) is 25.3 Å². The average Bonchev–Trinajstić information content (AvgIpc) is 2.61. The Labute approximate surface area is 133 Å². The Hall–Kier alpha value is -1.64. The number of rotatable bonds is 5. The molecule has 0 bridgehead atoms. The summed E-state index contributed by atoms with van der Waals surface area (Å²) in [5.41, 5.74) is 3.99. The SMILES string of the molecule is CN(CCc1ccc(-c2ccccc2)cc1)C1CCOCC1. The predicted molar refractivity (Wildman–Crippen MR) is 92.1 cm³/mol. The van der Waals surface area contributed by atoms with E-state index in [4.69, 9.17) is 4.74 Å². The maximum Gasteiger partial charge on any atom is 0.0480 e. The van der Waals surface area contributed by atoms with Gasteiger partial charge < -0.3 is 9.64 Å². The molecule has 1 heterocycles. The highest BCUT2D eigenvalue weighted by molar-refractivity contribution is 5.63. The molecule has 3 rings (SSSR count). The quantitative estimate of drug-likeness (QED) is 0.826. The molecule has 2 heteroatoms. The lowest BCUT2D eigenvalue weighted by Crippen LogP contribution is -2.37. The first kappa shape index (κ1) is 15.3. The van der Waals surface area contributed by atoms with Crippen molar-refractivity contribution in [3.05, 3.63) is 60.2 Å². The summed E-state index contributed by atoms with van der Waals surface area (Å²) in [5, 5.41) is 0. The number of hydrogen-bond donors (Lipinski definition) is 0. The molecule has 1 aliphatic rings. The highest BCUT2D eigenvalue weighted by Gasteiger charge is 2.17. The summed E-state index contributed by atoms with van der Waals surface area (Å²) in [6.07, 6.45) is 3.45. The molecule has 0 atom stereocenters. The van der Waals surface area contributed by atoms with E-state index in [0.29, 0.717) is 6.04 Å². The highest BCUT2D eigenvalue weighted by Crippen LogP contribution is 2.20. The van der Waals surface area contributed by atoms with Crippen LogP contribution >= 0.6 is 0 Å². The third kappa shape index (κ3) is 3.96. The molecule has 0 unspecified atom stereocenters. The second-order valence-electron chi connectivity index (χ2n) is 6.14. The molecule has 2 aromatic rings. The van der Waals surface area contributed by atoms with Gasteiger partial charge >= 0.3 is 0 Å². The summed E-state index contributed by atoms with van der Waals surface area (Å²) < 4.78 is 5.44. The molecular formula is C20H25NO. The van der Waals surface area contributed by atoms with Gasteiger partial charge in [-0.1, -0.05) is 54.6 Å². The summed E-state index contributed by atoms with van der Waals surface area (Å²) in [7, 11) is 2.24. The van der Waals surface area contributed by atoms with Crippen LogP contribution in [0.15, 0.2) is 54.6 Å². The minimum atomic E-state index is 0.692. The predicted octanol–water partition coefficient (Wildman–Crippen LogP) is 4.01. The van der Waals surface area contributed by atoms with Gasteiger partial charge in [0.15, 0.2) is 0 Å². The van der Waals surface area contributed by atoms with Crippen molar-refractivity contribution < 1.29 is 4.74 Å². The largest absolute Gasteiger partial charge is 0.381 e. The Balaban J connectivity index is 1.55. The molecule has 0 aliphatic carbocycles. The van der Waals surface area contributed by atoms with Gasteiger partial charge in [0.1, 0.15) is 0 Å². The minimum Gasteiger partial charge on any atom is -0.381 e. The topological polar surface area (TPSA) is 12.5 Å². The summed E-state index contributed by atoms with van der Waals surface area (Å²) in [4.78, 5) is 2.49. The number of benzene rings is 2. The van der Waals surface area contributed by atoms with E-state index in [1.54, 1.807) is 0 Å². The van der Waals surface area contributed by atoms with Crippen molar-refractivity contribution in [2.24, 2.45) is 0 Å². The second-order valence-corrected chi connectivity index (χ2v) is 6.14. The Morgan fingerprint density at radius 2 is 1.55 bits per heavy atom. The van der Waals surface area contributed by atoms with E-state index in [1.807, 2.05) is 0 Å². The van der Waals surface area contributed by atoms with Gasteiger partial charge in [0.25, 0.3) is 0 Å². The fraction of sp³-hybridized carbons (Fsp3) is 0.400. The van der Waals surface area contributed by atoms with Crippen LogP contribution in [0.1, 0.15) is 18.4 Å². The Kier molecular flexibility index (Phi) is 5.25. The monoisotopic (exact) mass is 295 g/mol. The lowest BCUT2D eigenvalue weighted by atomic mass is 10.0. The van der Waals surface area contributed by atoms with E-state index in [1.165, 1.54) is 29.5 Å². The minimum absolute atomic E-state index is 0.692. The van der Waals surface area contributed by atoms with Gasteiger partial charge in [-0.2, -0.15) is 0 Å². The van der Waals surface area contributed by atoms with Crippen molar-refractivity contribution in [1.82, 2.24) is 4.90 Å². The molecule has 116 valence electrons. The molecule has 0 spiro atoms. The molecule has 2 nitrogen and oxygen atoms in total. The van der Waals surface area contributed by atoms with Gasteiger partial charge in [-0.15, -0.1) is 0 Å². The molecule has 1 aliphatic heterocycles. The lowest BCUT2D eigenvalue weighted by Gasteiger charge is -2.31. The van der Waals surface area contributed by atoms with E-state index in [-0.39, 0.29) is 0 Å². The van der Waals surface area contributed by atoms with Crippen LogP contribution in [0, 0.1) is 0 Å². The zero-order chi connectivity index (χ0) is 15.2. The number of hydrogen-bond acceptors (Lipinski definition) is 2. The van der Waals surface area contributed by atoms with Crippen LogP contribution in [0.4, 0.5) is 0 Å². The van der Waals surface area contributed by atoms with Crippen LogP contribution in [0.25, 0.3) is 11.1 Å². The summed E-state index contributed by atoms with van der Waals surface area (Å²) >= 11 is 0. The molecule has 0 amide bonds. The van der Waals surface area contributed by atoms with Crippen molar-refractivity contribution in [3.63, 3.8) is 0 Å². The van der Waals surface area contributed by atoms with Crippen LogP contribution in [0.3, 0.4) is 0 Å². The van der Waals surface area contributed by atoms with Crippen molar-refractivity contribution >= 4 is 0 Å². The summed E-state index contributed by atoms with van der Waals surface area (Å²) in [6.45, 7) is 2.96. The molecular weight excluding hydrogens is 270 g/mol. The van der Waals surface area contributed by atoms with Crippen molar-refractivity contribution in [1.29, 1.82) is 0 Å². The number of nitrogens with zero attached hydrogens (tertiary/aromatic N) is 1. The van der Waals surface area contributed by atoms with Gasteiger partial charge in [-0.05, 0) is 43.0 Å². The standard InChI is InChI=1S/C20H25NO/c1-21(20-12-15-22-16-13-20)14-11-17-7-9-19(10-8-17)18-5-3-2-4-6-18/h2-10,20H,11-16H2,1H3. The smallest absolute Gasteiger partial charge is 0.0480 e. The molecule has 0 radical (unpaired) electrons. The third-order valence-corrected chi connectivity index (χ3v) is 4.63. The zero-order valence-electron chi connectivity index (χ0n) is 13.4. The first-order valence-corrected chi connectivity index (χ1v) is 8.25. The van der Waals surface area contributed by atoms with E-state index in [2.05, 4.69) is 66.5 Å². The van der Waals surface area contributed by atoms with E-state index in [0.717, 1.165) is 26.2 Å². The van der Waals surface area contributed by atoms with Crippen LogP contribution in [-0.2, 0) is 11.2 Å². The van der Waals surface area contributed by atoms with Gasteiger partial charge in [0.05, 0.1) is 0 Å². The lowest BCUT2D eigenvalue weighted by molar-refractivity contribution is 0.0434. The molecule has 1 fully saturated rings. The summed E-state index contributed by atoms with van der Waals surface area (Å²) in [5.74, 6) is 0. The number of likely N-dealkylation sites (N-methyl/N-ethyl adjacent to an activating group) is 1. The summed E-state index contributed by atoms with van der Waals surface area (Å²) in [6, 6.07) is 20.3. The zero-order valence-corrected chi connectivity index (χ0v) is 13.4. The Bertz CT molecular complexity index is 558. The first-order chi connectivity index (χ1) is 10.8. The fourth-order valence-electron chi connectivity index (χ4n) is 3.11. The molecule has 0 aromatic heterocycles. The first-order valence-electron chi connectivity index (χ1n) is 8.25. The van der Waals surface area contributed by atoms with Gasteiger partial charge in [-0.3, -0.25) is 0 Å². The molecule has 22 heavy (non-hydrogen) atoms. The van der Waals surface area contributed by atoms with Crippen molar-refractivity contribution in [3.8, 4) is 11.1 Å². The second kappa shape index (κ2) is 7.57. The van der Waals surface area contributed by atoms with E-state index in [9.17, 15) is 0 Å². The Morgan fingerprint density at radius 1 is 0.909 bits per heavy atom. The molecule has 1 saturated heterocycles. The molecule has 2 aromatic carbocycles. The van der Waals surface area contributed by atoms with Crippen molar-refractivity contribution in [2.75, 3.05) is 26.8 Å². The van der Waals surface area contributed by atoms with Gasteiger partial charge in [0.2, 0.25) is 0 Å². The van der Waals surface area contributed by atoms with E-state index < -0.39 is 0 Å². The fourth-order valence-corrected chi connectivity index (χ4v) is 3.11. The van der Waals surface area contributed by atoms with Crippen LogP contribution < -0.4 is 0 Å². The highest BCUT2D eigenvalue weighted by atomic mass is 16.5. The van der Waals surface area contributed by atoms with Gasteiger partial charge in [0, 0.05) is 25.8 Å². The van der Waals surface area contributed by atoms with Crippen LogP contribution in [0.5, 0.6) is 0 Å². The van der Waals surface area contributed by atoms with Crippen LogP contribution in [-0.4, -0.2) is 37.7 Å². The maximum atomic E-state index is 5.44. The van der Waals surface area contributed by atoms with Crippen LogP contribution in [0.2, 0.25) is 0 Å². The normalized spacial score (nSPS) is 16.1. The maximum absolute atomic E-state index is 5.44. The number of ether oxygens (including phenoxy) is 1. The molecule has 0 saturated carbocycles. The third-order valence-electron chi connectivity index (χ3n) is 4.63.